The van der Waals surface area contributed by atoms with Crippen molar-refractivity contribution in [1.82, 2.24) is 15.1 Å². The molecular weight excluding hydrogens is 322 g/mol. The van der Waals surface area contributed by atoms with Crippen molar-refractivity contribution in [2.45, 2.75) is 19.4 Å². The number of Topliss-reactive ketones (excluding diaryl/α,β-unsaturated/α-hetero) is 1. The summed E-state index contributed by atoms with van der Waals surface area (Å²) in [4.78, 5) is 15.3. The molecule has 1 unspecified atom stereocenters. The van der Waals surface area contributed by atoms with Crippen LogP contribution in [0.4, 0.5) is 0 Å². The molecule has 0 aliphatic carbocycles. The Bertz CT molecular complexity index is 841. The number of aromatic nitrogens is 2. The van der Waals surface area contributed by atoms with Crippen LogP contribution < -0.4 is 0 Å². The van der Waals surface area contributed by atoms with E-state index in [0.717, 1.165) is 49.3 Å². The van der Waals surface area contributed by atoms with E-state index in [2.05, 4.69) is 27.2 Å². The molecule has 0 radical (unpaired) electrons. The Morgan fingerprint density at radius 2 is 1.81 bits per heavy atom. The molecule has 4 heteroatoms. The van der Waals surface area contributed by atoms with E-state index < -0.39 is 0 Å². The molecule has 1 aliphatic rings. The first kappa shape index (κ1) is 16.7. The molecule has 1 atom stereocenters. The van der Waals surface area contributed by atoms with Crippen LogP contribution in [0.1, 0.15) is 28.9 Å². The number of carbonyl (C=O) groups excluding carboxylic acids is 1. The minimum Gasteiger partial charge on any atom is -0.297 e. The van der Waals surface area contributed by atoms with E-state index in [9.17, 15) is 4.79 Å². The quantitative estimate of drug-likeness (QED) is 0.706. The second-order valence-corrected chi connectivity index (χ2v) is 6.96. The van der Waals surface area contributed by atoms with Crippen LogP contribution in [0, 0.1) is 5.92 Å². The molecule has 0 amide bonds. The van der Waals surface area contributed by atoms with Gasteiger partial charge in [-0.1, -0.05) is 54.6 Å². The van der Waals surface area contributed by atoms with Gasteiger partial charge in [0.2, 0.25) is 0 Å². The fourth-order valence-corrected chi connectivity index (χ4v) is 3.72. The molecule has 26 heavy (non-hydrogen) atoms. The summed E-state index contributed by atoms with van der Waals surface area (Å²) in [6.07, 6.45) is 3.81. The van der Waals surface area contributed by atoms with Gasteiger partial charge >= 0.3 is 0 Å². The fourth-order valence-electron chi connectivity index (χ4n) is 3.72. The van der Waals surface area contributed by atoms with Crippen LogP contribution >= 0.6 is 0 Å². The van der Waals surface area contributed by atoms with E-state index in [-0.39, 0.29) is 11.7 Å². The summed E-state index contributed by atoms with van der Waals surface area (Å²) < 4.78 is 0. The number of piperidine rings is 1. The van der Waals surface area contributed by atoms with E-state index in [4.69, 9.17) is 0 Å². The van der Waals surface area contributed by atoms with Gasteiger partial charge in [-0.15, -0.1) is 0 Å². The van der Waals surface area contributed by atoms with Crippen LogP contribution in [0.5, 0.6) is 0 Å². The first-order valence-electron chi connectivity index (χ1n) is 9.20. The molecule has 1 saturated heterocycles. The smallest absolute Gasteiger partial charge is 0.167 e. The summed E-state index contributed by atoms with van der Waals surface area (Å²) in [5.74, 6) is 0.341. The molecule has 2 heterocycles. The molecule has 1 N–H and O–H groups in total. The maximum atomic E-state index is 12.9. The van der Waals surface area contributed by atoms with Gasteiger partial charge in [0.05, 0.1) is 0 Å². The predicted octanol–water partition coefficient (Wildman–Crippen LogP) is 4.17. The number of nitrogens with zero attached hydrogens (tertiary/aromatic N) is 2. The minimum absolute atomic E-state index is 0.0780. The molecule has 0 bridgehead atoms. The number of benzene rings is 2. The van der Waals surface area contributed by atoms with E-state index >= 15 is 0 Å². The molecule has 0 spiro atoms. The highest BCUT2D eigenvalue weighted by atomic mass is 16.1. The van der Waals surface area contributed by atoms with Gasteiger partial charge in [0.15, 0.2) is 5.78 Å². The van der Waals surface area contributed by atoms with Crippen molar-refractivity contribution in [2.24, 2.45) is 5.92 Å². The normalized spacial score (nSPS) is 17.9. The van der Waals surface area contributed by atoms with Crippen molar-refractivity contribution >= 4 is 5.78 Å². The number of aromatic amines is 1. The molecule has 3 aromatic rings. The van der Waals surface area contributed by atoms with Crippen molar-refractivity contribution in [2.75, 3.05) is 13.1 Å². The van der Waals surface area contributed by atoms with Crippen LogP contribution in [0.3, 0.4) is 0 Å². The van der Waals surface area contributed by atoms with Gasteiger partial charge in [0.25, 0.3) is 0 Å². The molecule has 1 aromatic heterocycles. The van der Waals surface area contributed by atoms with Gasteiger partial charge in [-0.3, -0.25) is 14.8 Å². The number of H-pyrrole nitrogens is 1. The molecule has 1 fully saturated rings. The summed E-state index contributed by atoms with van der Waals surface area (Å²) in [7, 11) is 0. The Labute approximate surface area is 153 Å². The lowest BCUT2D eigenvalue weighted by Gasteiger charge is -2.31. The maximum absolute atomic E-state index is 12.9. The van der Waals surface area contributed by atoms with Gasteiger partial charge in [-0.25, -0.2) is 0 Å². The Morgan fingerprint density at radius 1 is 1.04 bits per heavy atom. The highest BCUT2D eigenvalue weighted by Gasteiger charge is 2.26. The van der Waals surface area contributed by atoms with Crippen molar-refractivity contribution in [1.29, 1.82) is 0 Å². The lowest BCUT2D eigenvalue weighted by molar-refractivity contribution is 0.0810. The zero-order valence-electron chi connectivity index (χ0n) is 14.8. The standard InChI is InChI=1S/C22H23N3O/c26-22(19-10-8-18(9-11-19)17-5-2-1-3-6-17)20-7-4-14-25(15-20)16-21-12-13-23-24-21/h1-3,5-6,8-13,20H,4,7,14-16H2,(H,23,24). The van der Waals surface area contributed by atoms with Gasteiger partial charge in [0, 0.05) is 36.5 Å². The second kappa shape index (κ2) is 7.67. The first-order valence-corrected chi connectivity index (χ1v) is 9.20. The van der Waals surface area contributed by atoms with E-state index in [0.29, 0.717) is 0 Å². The SMILES string of the molecule is O=C(c1ccc(-c2ccccc2)cc1)C1CCCN(Cc2ccn[nH]2)C1. The Hall–Kier alpha value is -2.72. The summed E-state index contributed by atoms with van der Waals surface area (Å²) in [6.45, 7) is 2.69. The summed E-state index contributed by atoms with van der Waals surface area (Å²) in [5.41, 5.74) is 4.24. The molecular formula is C22H23N3O. The van der Waals surface area contributed by atoms with Gasteiger partial charge in [-0.05, 0) is 36.6 Å². The van der Waals surface area contributed by atoms with Gasteiger partial charge in [-0.2, -0.15) is 5.10 Å². The van der Waals surface area contributed by atoms with Crippen molar-refractivity contribution in [3.63, 3.8) is 0 Å². The number of hydrogen-bond donors (Lipinski definition) is 1. The van der Waals surface area contributed by atoms with E-state index in [1.54, 1.807) is 6.20 Å². The predicted molar refractivity (Wildman–Crippen MR) is 103 cm³/mol. The highest BCUT2D eigenvalue weighted by molar-refractivity contribution is 5.98. The molecule has 4 nitrogen and oxygen atoms in total. The number of hydrogen-bond acceptors (Lipinski definition) is 3. The molecule has 132 valence electrons. The molecule has 4 rings (SSSR count). The zero-order valence-corrected chi connectivity index (χ0v) is 14.8. The van der Waals surface area contributed by atoms with Crippen molar-refractivity contribution < 1.29 is 4.79 Å². The van der Waals surface area contributed by atoms with Crippen LogP contribution in [0.2, 0.25) is 0 Å². The van der Waals surface area contributed by atoms with Gasteiger partial charge in [0.1, 0.15) is 0 Å². The van der Waals surface area contributed by atoms with Crippen LogP contribution in [-0.2, 0) is 6.54 Å². The van der Waals surface area contributed by atoms with Crippen molar-refractivity contribution in [3.05, 3.63) is 78.1 Å². The monoisotopic (exact) mass is 345 g/mol. The second-order valence-electron chi connectivity index (χ2n) is 6.96. The average Bonchev–Trinajstić information content (AvgIpc) is 3.21. The first-order chi connectivity index (χ1) is 12.8. The van der Waals surface area contributed by atoms with Crippen molar-refractivity contribution in [3.8, 4) is 11.1 Å². The number of rotatable bonds is 5. The summed E-state index contributed by atoms with van der Waals surface area (Å²) >= 11 is 0. The third-order valence-electron chi connectivity index (χ3n) is 5.11. The Morgan fingerprint density at radius 3 is 2.54 bits per heavy atom. The number of likely N-dealkylation sites (tertiary alicyclic amines) is 1. The highest BCUT2D eigenvalue weighted by Crippen LogP contribution is 2.24. The topological polar surface area (TPSA) is 49.0 Å². The Kier molecular flexibility index (Phi) is 4.93. The molecule has 0 saturated carbocycles. The van der Waals surface area contributed by atoms with Crippen LogP contribution in [0.15, 0.2) is 66.9 Å². The van der Waals surface area contributed by atoms with Gasteiger partial charge < -0.3 is 0 Å². The van der Waals surface area contributed by atoms with Crippen LogP contribution in [0.25, 0.3) is 11.1 Å². The lowest BCUT2D eigenvalue weighted by Crippen LogP contribution is -2.38. The third kappa shape index (κ3) is 3.75. The fraction of sp³-hybridized carbons (Fsp3) is 0.273. The molecule has 1 aliphatic heterocycles. The Balaban J connectivity index is 1.43. The largest absolute Gasteiger partial charge is 0.297 e. The third-order valence-corrected chi connectivity index (χ3v) is 5.11. The zero-order chi connectivity index (χ0) is 17.8. The number of carbonyl (C=O) groups is 1. The van der Waals surface area contributed by atoms with E-state index in [1.807, 2.05) is 48.5 Å². The lowest BCUT2D eigenvalue weighted by atomic mass is 9.89. The molecule has 2 aromatic carbocycles. The van der Waals surface area contributed by atoms with E-state index in [1.165, 1.54) is 5.56 Å². The number of ketones is 1. The van der Waals surface area contributed by atoms with Crippen LogP contribution in [-0.4, -0.2) is 34.0 Å². The minimum atomic E-state index is 0.0780. The summed E-state index contributed by atoms with van der Waals surface area (Å²) in [6, 6.07) is 20.3. The average molecular weight is 345 g/mol. The number of nitrogens with one attached hydrogen (secondary N) is 1. The maximum Gasteiger partial charge on any atom is 0.167 e. The summed E-state index contributed by atoms with van der Waals surface area (Å²) in [5, 5.41) is 7.01.